The first kappa shape index (κ1) is 18.8. The summed E-state index contributed by atoms with van der Waals surface area (Å²) >= 11 is 0. The van der Waals surface area contributed by atoms with Crippen molar-refractivity contribution >= 4 is 5.96 Å². The third-order valence-electron chi connectivity index (χ3n) is 4.43. The molecule has 0 radical (unpaired) electrons. The predicted molar refractivity (Wildman–Crippen MR) is 97.3 cm³/mol. The minimum Gasteiger partial charge on any atom is -0.468 e. The van der Waals surface area contributed by atoms with Gasteiger partial charge in [0.25, 0.3) is 0 Å². The highest BCUT2D eigenvalue weighted by molar-refractivity contribution is 5.79. The van der Waals surface area contributed by atoms with Gasteiger partial charge >= 0.3 is 0 Å². The molecule has 0 saturated carbocycles. The molecule has 1 aromatic rings. The molecule has 24 heavy (non-hydrogen) atoms. The number of methoxy groups -OCH3 is 1. The Bertz CT molecular complexity index is 493. The van der Waals surface area contributed by atoms with Crippen LogP contribution in [0, 0.1) is 0 Å². The largest absolute Gasteiger partial charge is 0.468 e. The average molecular weight is 336 g/mol. The van der Waals surface area contributed by atoms with E-state index < -0.39 is 0 Å². The lowest BCUT2D eigenvalue weighted by atomic mass is 10.1. The Labute approximate surface area is 145 Å². The first-order valence-electron chi connectivity index (χ1n) is 8.90. The summed E-state index contributed by atoms with van der Waals surface area (Å²) in [6.45, 7) is 10.6. The SMILES string of the molecule is CCNC(=NCC(C)(C)OC)NCC(c1ccco1)N1CCCC1. The Morgan fingerprint density at radius 2 is 2.12 bits per heavy atom. The summed E-state index contributed by atoms with van der Waals surface area (Å²) in [5, 5.41) is 6.77. The summed E-state index contributed by atoms with van der Waals surface area (Å²) in [4.78, 5) is 7.14. The zero-order valence-corrected chi connectivity index (χ0v) is 15.5. The normalized spacial score (nSPS) is 17.9. The van der Waals surface area contributed by atoms with Gasteiger partial charge in [0.1, 0.15) is 5.76 Å². The van der Waals surface area contributed by atoms with Gasteiger partial charge < -0.3 is 19.8 Å². The molecular formula is C18H32N4O2. The number of hydrogen-bond donors (Lipinski definition) is 2. The van der Waals surface area contributed by atoms with Crippen molar-refractivity contribution in [3.63, 3.8) is 0 Å². The van der Waals surface area contributed by atoms with Crippen LogP contribution in [0.2, 0.25) is 0 Å². The minimum absolute atomic E-state index is 0.238. The van der Waals surface area contributed by atoms with Gasteiger partial charge in [-0.25, -0.2) is 0 Å². The summed E-state index contributed by atoms with van der Waals surface area (Å²) in [6, 6.07) is 4.25. The molecular weight excluding hydrogens is 304 g/mol. The fourth-order valence-electron chi connectivity index (χ4n) is 2.81. The van der Waals surface area contributed by atoms with Gasteiger partial charge in [-0.05, 0) is 58.8 Å². The molecule has 2 N–H and O–H groups in total. The first-order chi connectivity index (χ1) is 11.6. The van der Waals surface area contributed by atoms with E-state index in [0.29, 0.717) is 6.54 Å². The van der Waals surface area contributed by atoms with E-state index >= 15 is 0 Å². The Morgan fingerprint density at radius 3 is 2.71 bits per heavy atom. The van der Waals surface area contributed by atoms with Crippen LogP contribution >= 0.6 is 0 Å². The zero-order chi connectivity index (χ0) is 17.4. The number of nitrogens with one attached hydrogen (secondary N) is 2. The molecule has 0 aliphatic carbocycles. The number of nitrogens with zero attached hydrogens (tertiary/aromatic N) is 2. The standard InChI is InChI=1S/C18H32N4O2/c1-5-19-17(21-14-18(2,3)23-4)20-13-15(16-9-8-12-24-16)22-10-6-7-11-22/h8-9,12,15H,5-7,10-11,13-14H2,1-4H3,(H2,19,20,21). The average Bonchev–Trinajstić information content (AvgIpc) is 3.27. The van der Waals surface area contributed by atoms with Gasteiger partial charge in [-0.3, -0.25) is 9.89 Å². The van der Waals surface area contributed by atoms with Crippen LogP contribution in [0.25, 0.3) is 0 Å². The van der Waals surface area contributed by atoms with E-state index in [-0.39, 0.29) is 11.6 Å². The molecule has 1 saturated heterocycles. The maximum absolute atomic E-state index is 5.67. The first-order valence-corrected chi connectivity index (χ1v) is 8.90. The predicted octanol–water partition coefficient (Wildman–Crippen LogP) is 2.40. The number of ether oxygens (including phenoxy) is 1. The van der Waals surface area contributed by atoms with Crippen LogP contribution in [-0.4, -0.2) is 56.3 Å². The Morgan fingerprint density at radius 1 is 1.38 bits per heavy atom. The highest BCUT2D eigenvalue weighted by Crippen LogP contribution is 2.24. The summed E-state index contributed by atoms with van der Waals surface area (Å²) in [6.07, 6.45) is 4.26. The van der Waals surface area contributed by atoms with Gasteiger partial charge in [0.2, 0.25) is 0 Å². The molecule has 6 heteroatoms. The lowest BCUT2D eigenvalue weighted by molar-refractivity contribution is 0.0310. The van der Waals surface area contributed by atoms with Crippen LogP contribution in [0.4, 0.5) is 0 Å². The van der Waals surface area contributed by atoms with Crippen LogP contribution in [0.5, 0.6) is 0 Å². The monoisotopic (exact) mass is 336 g/mol. The molecule has 0 bridgehead atoms. The molecule has 0 spiro atoms. The zero-order valence-electron chi connectivity index (χ0n) is 15.5. The lowest BCUT2D eigenvalue weighted by Crippen LogP contribution is -2.43. The van der Waals surface area contributed by atoms with Crippen molar-refractivity contribution in [2.75, 3.05) is 39.8 Å². The van der Waals surface area contributed by atoms with Gasteiger partial charge in [0.15, 0.2) is 5.96 Å². The highest BCUT2D eigenvalue weighted by Gasteiger charge is 2.25. The van der Waals surface area contributed by atoms with E-state index in [0.717, 1.165) is 37.9 Å². The minimum atomic E-state index is -0.266. The highest BCUT2D eigenvalue weighted by atomic mass is 16.5. The van der Waals surface area contributed by atoms with Crippen molar-refractivity contribution in [1.29, 1.82) is 0 Å². The van der Waals surface area contributed by atoms with E-state index in [1.54, 1.807) is 13.4 Å². The van der Waals surface area contributed by atoms with Gasteiger partial charge in [-0.1, -0.05) is 0 Å². The molecule has 6 nitrogen and oxygen atoms in total. The number of rotatable bonds is 8. The molecule has 2 rings (SSSR count). The Kier molecular flexibility index (Phi) is 7.12. The number of aliphatic imine (C=N–C) groups is 1. The second kappa shape index (κ2) is 9.08. The van der Waals surface area contributed by atoms with Crippen LogP contribution in [-0.2, 0) is 4.74 Å². The van der Waals surface area contributed by atoms with E-state index in [1.165, 1.54) is 12.8 Å². The number of guanidine groups is 1. The lowest BCUT2D eigenvalue weighted by Gasteiger charge is -2.27. The fraction of sp³-hybridized carbons (Fsp3) is 0.722. The van der Waals surface area contributed by atoms with Crippen molar-refractivity contribution in [2.24, 2.45) is 4.99 Å². The van der Waals surface area contributed by atoms with Gasteiger partial charge in [0.05, 0.1) is 24.5 Å². The maximum Gasteiger partial charge on any atom is 0.191 e. The third-order valence-corrected chi connectivity index (χ3v) is 4.43. The van der Waals surface area contributed by atoms with Gasteiger partial charge in [-0.15, -0.1) is 0 Å². The molecule has 0 aromatic carbocycles. The second-order valence-corrected chi connectivity index (χ2v) is 6.81. The molecule has 1 aliphatic rings. The van der Waals surface area contributed by atoms with E-state index in [1.807, 2.05) is 19.9 Å². The maximum atomic E-state index is 5.67. The van der Waals surface area contributed by atoms with Crippen LogP contribution in [0.1, 0.15) is 45.4 Å². The fourth-order valence-corrected chi connectivity index (χ4v) is 2.81. The van der Waals surface area contributed by atoms with E-state index in [4.69, 9.17) is 9.15 Å². The van der Waals surface area contributed by atoms with E-state index in [9.17, 15) is 0 Å². The summed E-state index contributed by atoms with van der Waals surface area (Å²) in [5.41, 5.74) is -0.266. The van der Waals surface area contributed by atoms with Crippen LogP contribution < -0.4 is 10.6 Å². The second-order valence-electron chi connectivity index (χ2n) is 6.81. The van der Waals surface area contributed by atoms with Gasteiger partial charge in [-0.2, -0.15) is 0 Å². The summed E-state index contributed by atoms with van der Waals surface area (Å²) < 4.78 is 11.1. The summed E-state index contributed by atoms with van der Waals surface area (Å²) in [7, 11) is 1.72. The summed E-state index contributed by atoms with van der Waals surface area (Å²) in [5.74, 6) is 1.83. The van der Waals surface area contributed by atoms with Crippen molar-refractivity contribution in [2.45, 2.75) is 45.3 Å². The van der Waals surface area contributed by atoms with Crippen molar-refractivity contribution in [3.8, 4) is 0 Å². The molecule has 1 atom stereocenters. The molecule has 1 unspecified atom stereocenters. The number of likely N-dealkylation sites (tertiary alicyclic amines) is 1. The number of furan rings is 1. The van der Waals surface area contributed by atoms with Crippen LogP contribution in [0.3, 0.4) is 0 Å². The Balaban J connectivity index is 2.00. The van der Waals surface area contributed by atoms with Gasteiger partial charge in [0, 0.05) is 20.2 Å². The Hall–Kier alpha value is -1.53. The van der Waals surface area contributed by atoms with Crippen LogP contribution in [0.15, 0.2) is 27.8 Å². The molecule has 1 aliphatic heterocycles. The topological polar surface area (TPSA) is 62.0 Å². The quantitative estimate of drug-likeness (QED) is 0.564. The number of hydrogen-bond acceptors (Lipinski definition) is 4. The molecule has 1 aromatic heterocycles. The van der Waals surface area contributed by atoms with Crippen molar-refractivity contribution < 1.29 is 9.15 Å². The molecule has 2 heterocycles. The smallest absolute Gasteiger partial charge is 0.191 e. The molecule has 1 fully saturated rings. The van der Waals surface area contributed by atoms with Crippen molar-refractivity contribution in [1.82, 2.24) is 15.5 Å². The van der Waals surface area contributed by atoms with E-state index in [2.05, 4.69) is 33.5 Å². The molecule has 136 valence electrons. The molecule has 0 amide bonds. The third kappa shape index (κ3) is 5.53. The van der Waals surface area contributed by atoms with Crippen molar-refractivity contribution in [3.05, 3.63) is 24.2 Å².